The van der Waals surface area contributed by atoms with Gasteiger partial charge in [-0.15, -0.1) is 0 Å². The quantitative estimate of drug-likeness (QED) is 0.805. The van der Waals surface area contributed by atoms with Gasteiger partial charge in [-0.2, -0.15) is 11.3 Å². The fraction of sp³-hybridized carbons (Fsp3) is 0.421. The molecule has 1 amide bonds. The van der Waals surface area contributed by atoms with Crippen LogP contribution in [0.3, 0.4) is 0 Å². The lowest BCUT2D eigenvalue weighted by Crippen LogP contribution is -2.48. The van der Waals surface area contributed by atoms with Crippen molar-refractivity contribution in [2.45, 2.75) is 6.04 Å². The Morgan fingerprint density at radius 3 is 2.62 bits per heavy atom. The zero-order valence-electron chi connectivity index (χ0n) is 14.9. The summed E-state index contributed by atoms with van der Waals surface area (Å²) in [6.45, 7) is 4.50. The standard InChI is InChI=1S/C19H24FN3O2S/c1-22-7-9-23(10-8-22)18(15-6-11-26-14-15)12-21-19(24)13-25-17-4-2-16(20)3-5-17/h2-6,11,14,18H,7-10,12-13H2,1H3,(H,21,24). The first-order valence-electron chi connectivity index (χ1n) is 8.71. The van der Waals surface area contributed by atoms with Crippen LogP contribution in [0, 0.1) is 5.82 Å². The molecule has 0 spiro atoms. The number of benzene rings is 1. The van der Waals surface area contributed by atoms with Crippen LogP contribution in [-0.4, -0.2) is 62.1 Å². The van der Waals surface area contributed by atoms with Crippen molar-refractivity contribution in [3.8, 4) is 5.75 Å². The van der Waals surface area contributed by atoms with Crippen molar-refractivity contribution in [3.05, 3.63) is 52.5 Å². The SMILES string of the molecule is CN1CCN(C(CNC(=O)COc2ccc(F)cc2)c2ccsc2)CC1. The third-order valence-electron chi connectivity index (χ3n) is 4.58. The van der Waals surface area contributed by atoms with Crippen LogP contribution in [0.2, 0.25) is 0 Å². The van der Waals surface area contributed by atoms with E-state index in [0.29, 0.717) is 12.3 Å². The maximum atomic E-state index is 12.9. The monoisotopic (exact) mass is 377 g/mol. The molecule has 1 saturated heterocycles. The topological polar surface area (TPSA) is 44.8 Å². The fourth-order valence-electron chi connectivity index (χ4n) is 3.00. The summed E-state index contributed by atoms with van der Waals surface area (Å²) in [5.74, 6) is -0.0220. The summed E-state index contributed by atoms with van der Waals surface area (Å²) in [5, 5.41) is 7.18. The number of likely N-dealkylation sites (N-methyl/N-ethyl adjacent to an activating group) is 1. The van der Waals surface area contributed by atoms with Crippen LogP contribution >= 0.6 is 11.3 Å². The summed E-state index contributed by atoms with van der Waals surface area (Å²) in [6, 6.07) is 7.95. The molecule has 3 rings (SSSR count). The predicted molar refractivity (Wildman–Crippen MR) is 101 cm³/mol. The van der Waals surface area contributed by atoms with Gasteiger partial charge in [-0.05, 0) is 53.7 Å². The molecule has 0 radical (unpaired) electrons. The number of piperazine rings is 1. The Balaban J connectivity index is 1.52. The minimum atomic E-state index is -0.326. The molecule has 1 unspecified atom stereocenters. The summed E-state index contributed by atoms with van der Waals surface area (Å²) in [4.78, 5) is 16.9. The molecule has 1 atom stereocenters. The second kappa shape index (κ2) is 9.12. The maximum absolute atomic E-state index is 12.9. The van der Waals surface area contributed by atoms with Crippen LogP contribution in [-0.2, 0) is 4.79 Å². The predicted octanol–water partition coefficient (Wildman–Crippen LogP) is 2.37. The van der Waals surface area contributed by atoms with Crippen LogP contribution < -0.4 is 10.1 Å². The number of thiophene rings is 1. The van der Waals surface area contributed by atoms with Crippen LogP contribution in [0.5, 0.6) is 5.75 Å². The number of halogens is 1. The number of hydrogen-bond donors (Lipinski definition) is 1. The molecule has 7 heteroatoms. The van der Waals surface area contributed by atoms with Crippen molar-refractivity contribution in [2.75, 3.05) is 46.4 Å². The van der Waals surface area contributed by atoms with Crippen molar-refractivity contribution in [1.82, 2.24) is 15.1 Å². The van der Waals surface area contributed by atoms with Crippen molar-refractivity contribution >= 4 is 17.2 Å². The second-order valence-corrected chi connectivity index (χ2v) is 7.24. The summed E-state index contributed by atoms with van der Waals surface area (Å²) < 4.78 is 18.3. The lowest BCUT2D eigenvalue weighted by atomic mass is 10.1. The van der Waals surface area contributed by atoms with Gasteiger partial charge in [0.25, 0.3) is 5.91 Å². The lowest BCUT2D eigenvalue weighted by molar-refractivity contribution is -0.123. The Labute approximate surface area is 157 Å². The molecular formula is C19H24FN3O2S. The summed E-state index contributed by atoms with van der Waals surface area (Å²) >= 11 is 1.67. The van der Waals surface area contributed by atoms with Crippen LogP contribution in [0.1, 0.15) is 11.6 Å². The third kappa shape index (κ3) is 5.27. The van der Waals surface area contributed by atoms with E-state index in [1.165, 1.54) is 29.8 Å². The molecule has 26 heavy (non-hydrogen) atoms. The summed E-state index contributed by atoms with van der Waals surface area (Å²) in [7, 11) is 2.13. The average Bonchev–Trinajstić information content (AvgIpc) is 3.17. The highest BCUT2D eigenvalue weighted by atomic mass is 32.1. The molecule has 5 nitrogen and oxygen atoms in total. The van der Waals surface area contributed by atoms with Gasteiger partial charge in [-0.3, -0.25) is 9.69 Å². The van der Waals surface area contributed by atoms with Crippen molar-refractivity contribution in [1.29, 1.82) is 0 Å². The van der Waals surface area contributed by atoms with Crippen molar-refractivity contribution < 1.29 is 13.9 Å². The zero-order chi connectivity index (χ0) is 18.4. The van der Waals surface area contributed by atoms with E-state index < -0.39 is 0 Å². The van der Waals surface area contributed by atoms with Gasteiger partial charge < -0.3 is 15.0 Å². The minimum Gasteiger partial charge on any atom is -0.484 e. The van der Waals surface area contributed by atoms with Gasteiger partial charge in [-0.25, -0.2) is 4.39 Å². The Hall–Kier alpha value is -1.96. The first-order chi connectivity index (χ1) is 12.6. The molecule has 2 heterocycles. The highest BCUT2D eigenvalue weighted by Gasteiger charge is 2.24. The van der Waals surface area contributed by atoms with Crippen molar-refractivity contribution in [3.63, 3.8) is 0 Å². The highest BCUT2D eigenvalue weighted by Crippen LogP contribution is 2.23. The van der Waals surface area contributed by atoms with E-state index in [-0.39, 0.29) is 24.4 Å². The number of hydrogen-bond acceptors (Lipinski definition) is 5. The summed E-state index contributed by atoms with van der Waals surface area (Å²) in [5.41, 5.74) is 1.24. The molecule has 0 bridgehead atoms. The van der Waals surface area contributed by atoms with Gasteiger partial charge in [0.15, 0.2) is 6.61 Å². The minimum absolute atomic E-state index is 0.0786. The Morgan fingerprint density at radius 1 is 1.23 bits per heavy atom. The molecule has 140 valence electrons. The number of nitrogens with zero attached hydrogens (tertiary/aromatic N) is 2. The van der Waals surface area contributed by atoms with Gasteiger partial charge in [0.05, 0.1) is 6.04 Å². The first-order valence-corrected chi connectivity index (χ1v) is 9.66. The molecule has 2 aromatic rings. The van der Waals surface area contributed by atoms with Gasteiger partial charge >= 0.3 is 0 Å². The Kier molecular flexibility index (Phi) is 6.60. The Morgan fingerprint density at radius 2 is 1.96 bits per heavy atom. The average molecular weight is 377 g/mol. The van der Waals surface area contributed by atoms with Crippen LogP contribution in [0.4, 0.5) is 4.39 Å². The normalized spacial score (nSPS) is 17.0. The third-order valence-corrected chi connectivity index (χ3v) is 5.28. The smallest absolute Gasteiger partial charge is 0.258 e. The van der Waals surface area contributed by atoms with E-state index in [9.17, 15) is 9.18 Å². The second-order valence-electron chi connectivity index (χ2n) is 6.46. The molecule has 1 aliphatic rings. The molecular weight excluding hydrogens is 353 g/mol. The Bertz CT molecular complexity index is 685. The van der Waals surface area contributed by atoms with Crippen molar-refractivity contribution in [2.24, 2.45) is 0 Å². The number of nitrogens with one attached hydrogen (secondary N) is 1. The van der Waals surface area contributed by atoms with E-state index in [4.69, 9.17) is 4.74 Å². The maximum Gasteiger partial charge on any atom is 0.258 e. The van der Waals surface area contributed by atoms with E-state index in [1.54, 1.807) is 11.3 Å². The van der Waals surface area contributed by atoms with E-state index in [1.807, 2.05) is 0 Å². The number of carbonyl (C=O) groups excluding carboxylic acids is 1. The van der Waals surface area contributed by atoms with Crippen LogP contribution in [0.15, 0.2) is 41.1 Å². The van der Waals surface area contributed by atoms with Gasteiger partial charge in [0, 0.05) is 32.7 Å². The van der Waals surface area contributed by atoms with Gasteiger partial charge in [0.1, 0.15) is 11.6 Å². The number of amides is 1. The number of ether oxygens (including phenoxy) is 1. The van der Waals surface area contributed by atoms with E-state index in [0.717, 1.165) is 26.2 Å². The first kappa shape index (κ1) is 18.8. The van der Waals surface area contributed by atoms with E-state index in [2.05, 4.69) is 39.0 Å². The largest absolute Gasteiger partial charge is 0.484 e. The zero-order valence-corrected chi connectivity index (χ0v) is 15.7. The molecule has 1 aliphatic heterocycles. The number of rotatable bonds is 7. The molecule has 1 fully saturated rings. The molecule has 0 aliphatic carbocycles. The van der Waals surface area contributed by atoms with Crippen LogP contribution in [0.25, 0.3) is 0 Å². The highest BCUT2D eigenvalue weighted by molar-refractivity contribution is 7.07. The number of carbonyl (C=O) groups is 1. The molecule has 1 N–H and O–H groups in total. The van der Waals surface area contributed by atoms with Gasteiger partial charge in [0.2, 0.25) is 0 Å². The van der Waals surface area contributed by atoms with Gasteiger partial charge in [-0.1, -0.05) is 0 Å². The fourth-order valence-corrected chi connectivity index (χ4v) is 3.70. The lowest BCUT2D eigenvalue weighted by Gasteiger charge is -2.38. The molecule has 1 aromatic carbocycles. The molecule has 1 aromatic heterocycles. The summed E-state index contributed by atoms with van der Waals surface area (Å²) in [6.07, 6.45) is 0. The van der Waals surface area contributed by atoms with E-state index >= 15 is 0 Å². The molecule has 0 saturated carbocycles.